The summed E-state index contributed by atoms with van der Waals surface area (Å²) < 4.78 is 13.0. The number of hydrogen-bond acceptors (Lipinski definition) is 5. The number of benzene rings is 1. The van der Waals surface area contributed by atoms with Gasteiger partial charge >= 0.3 is 0 Å². The van der Waals surface area contributed by atoms with E-state index in [1.165, 1.54) is 29.3 Å². The number of nitrogens with one attached hydrogen (secondary N) is 1. The fraction of sp³-hybridized carbons (Fsp3) is 0.480. The lowest BCUT2D eigenvalue weighted by molar-refractivity contribution is 0.260. The molecule has 1 aromatic carbocycles. The Hall–Kier alpha value is -2.28. The third kappa shape index (κ3) is 8.05. The fourth-order valence-corrected chi connectivity index (χ4v) is 3.71. The molecule has 1 aliphatic rings. The summed E-state index contributed by atoms with van der Waals surface area (Å²) in [5.74, 6) is -0.183. The van der Waals surface area contributed by atoms with E-state index in [0.29, 0.717) is 12.1 Å². The Labute approximate surface area is 186 Å². The average molecular weight is 429 g/mol. The van der Waals surface area contributed by atoms with E-state index in [-0.39, 0.29) is 18.3 Å². The summed E-state index contributed by atoms with van der Waals surface area (Å²) in [5.41, 5.74) is 11.2. The Morgan fingerprint density at radius 1 is 1.29 bits per heavy atom. The van der Waals surface area contributed by atoms with Gasteiger partial charge in [0.05, 0.1) is 0 Å². The van der Waals surface area contributed by atoms with Crippen LogP contribution in [0, 0.1) is 12.7 Å². The fourth-order valence-electron chi connectivity index (χ4n) is 3.71. The SMILES string of the molecule is CCCNC1=C(Cc2cccnc2)CN(C)C1.Cc1cc(C(CO)CCN)ccc1F. The predicted octanol–water partition coefficient (Wildman–Crippen LogP) is 3.38. The molecule has 1 aliphatic heterocycles. The van der Waals surface area contributed by atoms with Gasteiger partial charge in [-0.25, -0.2) is 4.39 Å². The number of aryl methyl sites for hydroxylation is 1. The van der Waals surface area contributed by atoms with Crippen molar-refractivity contribution in [1.82, 2.24) is 15.2 Å². The number of aliphatic hydroxyl groups excluding tert-OH is 1. The summed E-state index contributed by atoms with van der Waals surface area (Å²) >= 11 is 0. The summed E-state index contributed by atoms with van der Waals surface area (Å²) in [7, 11) is 2.17. The Morgan fingerprint density at radius 2 is 2.10 bits per heavy atom. The van der Waals surface area contributed by atoms with E-state index in [0.717, 1.165) is 38.0 Å². The number of halogens is 1. The molecule has 0 bridgehead atoms. The molecule has 5 nitrogen and oxygen atoms in total. The van der Waals surface area contributed by atoms with Crippen molar-refractivity contribution in [2.24, 2.45) is 5.73 Å². The highest BCUT2D eigenvalue weighted by Gasteiger charge is 2.18. The minimum Gasteiger partial charge on any atom is -0.396 e. The van der Waals surface area contributed by atoms with Crippen molar-refractivity contribution < 1.29 is 9.50 Å². The maximum absolute atomic E-state index is 13.0. The molecule has 31 heavy (non-hydrogen) atoms. The number of aromatic nitrogens is 1. The Kier molecular flexibility index (Phi) is 10.6. The van der Waals surface area contributed by atoms with Crippen molar-refractivity contribution in [2.45, 2.75) is 39.0 Å². The Morgan fingerprint density at radius 3 is 2.71 bits per heavy atom. The van der Waals surface area contributed by atoms with E-state index in [2.05, 4.69) is 35.2 Å². The van der Waals surface area contributed by atoms with Crippen LogP contribution in [-0.4, -0.2) is 54.8 Å². The lowest BCUT2D eigenvalue weighted by Crippen LogP contribution is -2.21. The van der Waals surface area contributed by atoms with Crippen LogP contribution in [0.2, 0.25) is 0 Å². The third-order valence-electron chi connectivity index (χ3n) is 5.43. The first-order valence-electron chi connectivity index (χ1n) is 11.1. The molecule has 4 N–H and O–H groups in total. The summed E-state index contributed by atoms with van der Waals surface area (Å²) in [5, 5.41) is 12.7. The van der Waals surface area contributed by atoms with Gasteiger partial charge in [0.1, 0.15) is 5.82 Å². The second-order valence-corrected chi connectivity index (χ2v) is 8.18. The number of likely N-dealkylation sites (N-methyl/N-ethyl adjacent to an activating group) is 1. The van der Waals surface area contributed by atoms with E-state index in [1.54, 1.807) is 19.1 Å². The van der Waals surface area contributed by atoms with Crippen LogP contribution in [0.4, 0.5) is 4.39 Å². The van der Waals surface area contributed by atoms with Crippen molar-refractivity contribution >= 4 is 0 Å². The second kappa shape index (κ2) is 13.2. The number of aliphatic hydroxyl groups is 1. The molecule has 3 rings (SSSR count). The summed E-state index contributed by atoms with van der Waals surface area (Å²) in [6.45, 7) is 7.70. The normalized spacial score (nSPS) is 14.9. The zero-order chi connectivity index (χ0) is 22.6. The molecule has 2 heterocycles. The summed E-state index contributed by atoms with van der Waals surface area (Å²) in [6.07, 6.45) is 6.71. The minimum atomic E-state index is -0.210. The molecule has 0 aliphatic carbocycles. The molecule has 0 radical (unpaired) electrons. The van der Waals surface area contributed by atoms with Gasteiger partial charge in [-0.1, -0.05) is 25.1 Å². The van der Waals surface area contributed by atoms with Crippen molar-refractivity contribution in [1.29, 1.82) is 0 Å². The van der Waals surface area contributed by atoms with Gasteiger partial charge in [0.2, 0.25) is 0 Å². The molecule has 0 saturated carbocycles. The van der Waals surface area contributed by atoms with Crippen LogP contribution in [0.3, 0.4) is 0 Å². The highest BCUT2D eigenvalue weighted by atomic mass is 19.1. The highest BCUT2D eigenvalue weighted by Crippen LogP contribution is 2.21. The van der Waals surface area contributed by atoms with Gasteiger partial charge in [-0.15, -0.1) is 0 Å². The quantitative estimate of drug-likeness (QED) is 0.571. The maximum atomic E-state index is 13.0. The van der Waals surface area contributed by atoms with Gasteiger partial charge in [0, 0.05) is 50.2 Å². The highest BCUT2D eigenvalue weighted by molar-refractivity contribution is 5.28. The Balaban J connectivity index is 0.000000225. The minimum absolute atomic E-state index is 0.0271. The van der Waals surface area contributed by atoms with E-state index < -0.39 is 0 Å². The number of pyridine rings is 1. The second-order valence-electron chi connectivity index (χ2n) is 8.18. The number of hydrogen-bond donors (Lipinski definition) is 3. The van der Waals surface area contributed by atoms with Gasteiger partial charge in [0.25, 0.3) is 0 Å². The van der Waals surface area contributed by atoms with Crippen LogP contribution < -0.4 is 11.1 Å². The number of rotatable bonds is 9. The molecule has 170 valence electrons. The largest absolute Gasteiger partial charge is 0.396 e. The molecule has 1 unspecified atom stereocenters. The molecule has 0 spiro atoms. The molecule has 0 saturated heterocycles. The van der Waals surface area contributed by atoms with E-state index in [9.17, 15) is 4.39 Å². The van der Waals surface area contributed by atoms with E-state index in [4.69, 9.17) is 10.8 Å². The lowest BCUT2D eigenvalue weighted by Gasteiger charge is -2.14. The monoisotopic (exact) mass is 428 g/mol. The van der Waals surface area contributed by atoms with Crippen molar-refractivity contribution in [3.05, 3.63) is 76.5 Å². The molecule has 2 aromatic rings. The first-order valence-corrected chi connectivity index (χ1v) is 11.1. The maximum Gasteiger partial charge on any atom is 0.126 e. The van der Waals surface area contributed by atoms with Crippen LogP contribution in [0.15, 0.2) is 54.0 Å². The van der Waals surface area contributed by atoms with Crippen molar-refractivity contribution in [3.63, 3.8) is 0 Å². The van der Waals surface area contributed by atoms with Crippen molar-refractivity contribution in [3.8, 4) is 0 Å². The van der Waals surface area contributed by atoms with Crippen LogP contribution in [-0.2, 0) is 6.42 Å². The van der Waals surface area contributed by atoms with Gasteiger partial charge < -0.3 is 16.2 Å². The van der Waals surface area contributed by atoms with E-state index >= 15 is 0 Å². The van der Waals surface area contributed by atoms with Gasteiger partial charge in [0.15, 0.2) is 0 Å². The summed E-state index contributed by atoms with van der Waals surface area (Å²) in [4.78, 5) is 6.53. The van der Waals surface area contributed by atoms with Crippen LogP contribution in [0.1, 0.15) is 42.4 Å². The molecule has 1 atom stereocenters. The molecular formula is C25H37FN4O. The zero-order valence-corrected chi connectivity index (χ0v) is 19.1. The van der Waals surface area contributed by atoms with Crippen molar-refractivity contribution in [2.75, 3.05) is 39.8 Å². The molecule has 1 aromatic heterocycles. The molecule has 6 heteroatoms. The topological polar surface area (TPSA) is 74.4 Å². The van der Waals surface area contributed by atoms with Crippen LogP contribution in [0.25, 0.3) is 0 Å². The Bertz CT molecular complexity index is 826. The van der Waals surface area contributed by atoms with E-state index in [1.807, 2.05) is 18.5 Å². The zero-order valence-electron chi connectivity index (χ0n) is 19.1. The molecule has 0 fully saturated rings. The smallest absolute Gasteiger partial charge is 0.126 e. The van der Waals surface area contributed by atoms with Crippen LogP contribution in [0.5, 0.6) is 0 Å². The number of nitrogens with zero attached hydrogens (tertiary/aromatic N) is 2. The lowest BCUT2D eigenvalue weighted by atomic mass is 9.95. The summed E-state index contributed by atoms with van der Waals surface area (Å²) in [6, 6.07) is 9.07. The first kappa shape index (κ1) is 25.0. The van der Waals surface area contributed by atoms with Gasteiger partial charge in [-0.3, -0.25) is 9.88 Å². The van der Waals surface area contributed by atoms with Gasteiger partial charge in [-0.2, -0.15) is 0 Å². The third-order valence-corrected chi connectivity index (χ3v) is 5.43. The molecule has 0 amide bonds. The first-order chi connectivity index (χ1) is 15.0. The van der Waals surface area contributed by atoms with Gasteiger partial charge in [-0.05, 0) is 74.2 Å². The standard InChI is InChI=1S/C14H21N3.C11H16FNO/c1-3-6-16-14-11-17(2)10-13(14)8-12-5-4-7-15-9-12;1-8-6-9(2-3-11(8)12)10(7-14)4-5-13/h4-5,7,9,16H,3,6,8,10-11H2,1-2H3;2-3,6,10,14H,4-5,7,13H2,1H3. The average Bonchev–Trinajstić information content (AvgIpc) is 3.12. The van der Waals surface area contributed by atoms with Crippen LogP contribution >= 0.6 is 0 Å². The number of nitrogens with two attached hydrogens (primary N) is 1. The molecular weight excluding hydrogens is 391 g/mol. The predicted molar refractivity (Wildman–Crippen MR) is 125 cm³/mol.